The van der Waals surface area contributed by atoms with Gasteiger partial charge in [0, 0.05) is 49.5 Å². The van der Waals surface area contributed by atoms with Crippen molar-refractivity contribution in [1.82, 2.24) is 9.47 Å². The van der Waals surface area contributed by atoms with Crippen LogP contribution < -0.4 is 5.32 Å². The van der Waals surface area contributed by atoms with Crippen molar-refractivity contribution in [2.24, 2.45) is 0 Å². The maximum Gasteiger partial charge on any atom is 0.322 e. The van der Waals surface area contributed by atoms with Crippen molar-refractivity contribution in [2.75, 3.05) is 25.6 Å². The lowest BCUT2D eigenvalue weighted by atomic mass is 10.1. The van der Waals surface area contributed by atoms with Crippen LogP contribution in [0.2, 0.25) is 0 Å². The maximum absolute atomic E-state index is 13.0. The third-order valence-electron chi connectivity index (χ3n) is 5.55. The summed E-state index contributed by atoms with van der Waals surface area (Å²) in [6.45, 7) is 4.97. The Bertz CT molecular complexity index is 993. The second-order valence-electron chi connectivity index (χ2n) is 7.26. The van der Waals surface area contributed by atoms with Gasteiger partial charge < -0.3 is 19.5 Å². The van der Waals surface area contributed by atoms with Crippen LogP contribution in [0.4, 0.5) is 10.5 Å². The van der Waals surface area contributed by atoms with Gasteiger partial charge in [-0.1, -0.05) is 37.3 Å². The molecule has 1 aliphatic heterocycles. The van der Waals surface area contributed by atoms with Crippen LogP contribution in [0.25, 0.3) is 10.9 Å². The summed E-state index contributed by atoms with van der Waals surface area (Å²) in [4.78, 5) is 14.9. The molecular formula is C23H27N3O2. The molecule has 4 rings (SSSR count). The summed E-state index contributed by atoms with van der Waals surface area (Å²) in [7, 11) is 1.73. The fraction of sp³-hybridized carbons (Fsp3) is 0.348. The average Bonchev–Trinajstić information content (AvgIpc) is 2.96. The van der Waals surface area contributed by atoms with E-state index in [1.807, 2.05) is 23.1 Å². The number of nitrogens with one attached hydrogen (secondary N) is 1. The molecule has 0 radical (unpaired) electrons. The largest absolute Gasteiger partial charge is 0.383 e. The number of aryl methyl sites for hydroxylation is 1. The Balaban J connectivity index is 1.58. The van der Waals surface area contributed by atoms with Crippen molar-refractivity contribution in [3.05, 3.63) is 65.4 Å². The van der Waals surface area contributed by atoms with E-state index < -0.39 is 0 Å². The lowest BCUT2D eigenvalue weighted by Crippen LogP contribution is -2.35. The molecule has 0 atom stereocenters. The second kappa shape index (κ2) is 8.07. The van der Waals surface area contributed by atoms with Gasteiger partial charge in [-0.25, -0.2) is 4.79 Å². The third-order valence-corrected chi connectivity index (χ3v) is 5.55. The zero-order valence-corrected chi connectivity index (χ0v) is 16.6. The van der Waals surface area contributed by atoms with E-state index in [1.165, 1.54) is 22.0 Å². The molecule has 2 aromatic carbocycles. The molecule has 3 aromatic rings. The highest BCUT2D eigenvalue weighted by Gasteiger charge is 2.22. The highest BCUT2D eigenvalue weighted by atomic mass is 16.5. The van der Waals surface area contributed by atoms with Gasteiger partial charge >= 0.3 is 6.03 Å². The number of rotatable bonds is 5. The fourth-order valence-corrected chi connectivity index (χ4v) is 4.07. The quantitative estimate of drug-likeness (QED) is 0.714. The minimum Gasteiger partial charge on any atom is -0.383 e. The van der Waals surface area contributed by atoms with Gasteiger partial charge in [0.15, 0.2) is 0 Å². The summed E-state index contributed by atoms with van der Waals surface area (Å²) in [5.74, 6) is 0. The SMILES string of the molecule is CCc1ccccc1NC(=O)N1CCc2cn(CCOC)c3cccc(c23)C1. The number of carbonyl (C=O) groups is 1. The van der Waals surface area contributed by atoms with Gasteiger partial charge in [-0.2, -0.15) is 0 Å². The summed E-state index contributed by atoms with van der Waals surface area (Å²) in [5.41, 5.74) is 5.81. The van der Waals surface area contributed by atoms with E-state index in [-0.39, 0.29) is 6.03 Å². The number of carbonyl (C=O) groups excluding carboxylic acids is 1. The first-order chi connectivity index (χ1) is 13.7. The summed E-state index contributed by atoms with van der Waals surface area (Å²) in [6.07, 6.45) is 3.98. The molecule has 0 fully saturated rings. The number of anilines is 1. The van der Waals surface area contributed by atoms with E-state index in [0.717, 1.165) is 30.6 Å². The van der Waals surface area contributed by atoms with Gasteiger partial charge in [0.2, 0.25) is 0 Å². The molecule has 2 amide bonds. The van der Waals surface area contributed by atoms with Gasteiger partial charge in [-0.15, -0.1) is 0 Å². The van der Waals surface area contributed by atoms with Gasteiger partial charge in [0.25, 0.3) is 0 Å². The first kappa shape index (κ1) is 18.6. The minimum atomic E-state index is -0.0321. The highest BCUT2D eigenvalue weighted by Crippen LogP contribution is 2.30. The number of ether oxygens (including phenoxy) is 1. The normalized spacial score (nSPS) is 13.6. The number of para-hydroxylation sites is 1. The predicted octanol–water partition coefficient (Wildman–Crippen LogP) is 4.44. The average molecular weight is 377 g/mol. The molecule has 0 saturated carbocycles. The Morgan fingerprint density at radius 1 is 1.14 bits per heavy atom. The van der Waals surface area contributed by atoms with Crippen molar-refractivity contribution in [3.8, 4) is 0 Å². The number of amides is 2. The molecule has 0 saturated heterocycles. The van der Waals surface area contributed by atoms with Crippen LogP contribution in [0.3, 0.4) is 0 Å². The molecule has 146 valence electrons. The topological polar surface area (TPSA) is 46.5 Å². The van der Waals surface area contributed by atoms with Crippen LogP contribution in [0, 0.1) is 0 Å². The standard InChI is InChI=1S/C23H27N3O2/c1-3-17-7-4-5-9-20(17)24-23(27)26-12-11-19-15-25(13-14-28-2)21-10-6-8-18(16-26)22(19)21/h4-10,15H,3,11-14,16H2,1-2H3,(H,24,27). The molecule has 5 heteroatoms. The Hall–Kier alpha value is -2.79. The van der Waals surface area contributed by atoms with Crippen LogP contribution in [0.1, 0.15) is 23.6 Å². The maximum atomic E-state index is 13.0. The number of urea groups is 1. The van der Waals surface area contributed by atoms with Crippen molar-refractivity contribution in [3.63, 3.8) is 0 Å². The smallest absolute Gasteiger partial charge is 0.322 e. The molecule has 0 unspecified atom stereocenters. The third kappa shape index (κ3) is 3.50. The van der Waals surface area contributed by atoms with E-state index in [2.05, 4.69) is 47.3 Å². The Kier molecular flexibility index (Phi) is 5.35. The molecule has 0 spiro atoms. The molecule has 0 bridgehead atoms. The Morgan fingerprint density at radius 2 is 2.00 bits per heavy atom. The van der Waals surface area contributed by atoms with Crippen LogP contribution in [-0.4, -0.2) is 35.8 Å². The fourth-order valence-electron chi connectivity index (χ4n) is 4.07. The van der Waals surface area contributed by atoms with E-state index in [1.54, 1.807) is 7.11 Å². The van der Waals surface area contributed by atoms with E-state index in [9.17, 15) is 4.79 Å². The van der Waals surface area contributed by atoms with Crippen molar-refractivity contribution < 1.29 is 9.53 Å². The van der Waals surface area contributed by atoms with Gasteiger partial charge in [0.1, 0.15) is 0 Å². The van der Waals surface area contributed by atoms with Crippen LogP contribution in [0.5, 0.6) is 0 Å². The summed E-state index contributed by atoms with van der Waals surface area (Å²) in [5, 5.41) is 4.41. The molecule has 1 N–H and O–H groups in total. The molecule has 0 aliphatic carbocycles. The second-order valence-corrected chi connectivity index (χ2v) is 7.26. The van der Waals surface area contributed by atoms with E-state index in [4.69, 9.17) is 4.74 Å². The first-order valence-electron chi connectivity index (χ1n) is 9.93. The van der Waals surface area contributed by atoms with Crippen molar-refractivity contribution in [2.45, 2.75) is 32.9 Å². The Labute approximate surface area is 165 Å². The zero-order valence-electron chi connectivity index (χ0n) is 16.6. The monoisotopic (exact) mass is 377 g/mol. The van der Waals surface area contributed by atoms with Crippen LogP contribution in [-0.2, 0) is 30.7 Å². The van der Waals surface area contributed by atoms with Crippen molar-refractivity contribution >= 4 is 22.6 Å². The Morgan fingerprint density at radius 3 is 2.82 bits per heavy atom. The first-order valence-corrected chi connectivity index (χ1v) is 9.93. The van der Waals surface area contributed by atoms with Gasteiger partial charge in [-0.05, 0) is 41.7 Å². The van der Waals surface area contributed by atoms with Gasteiger partial charge in [-0.3, -0.25) is 0 Å². The van der Waals surface area contributed by atoms with E-state index in [0.29, 0.717) is 19.7 Å². The van der Waals surface area contributed by atoms with E-state index >= 15 is 0 Å². The van der Waals surface area contributed by atoms with Crippen LogP contribution >= 0.6 is 0 Å². The molecule has 28 heavy (non-hydrogen) atoms. The number of hydrogen-bond acceptors (Lipinski definition) is 2. The number of nitrogens with zero attached hydrogens (tertiary/aromatic N) is 2. The minimum absolute atomic E-state index is 0.0321. The predicted molar refractivity (Wildman–Crippen MR) is 113 cm³/mol. The zero-order chi connectivity index (χ0) is 19.5. The van der Waals surface area contributed by atoms with Crippen LogP contribution in [0.15, 0.2) is 48.7 Å². The lowest BCUT2D eigenvalue weighted by Gasteiger charge is -2.22. The molecule has 1 aromatic heterocycles. The highest BCUT2D eigenvalue weighted by molar-refractivity contribution is 5.92. The lowest BCUT2D eigenvalue weighted by molar-refractivity contribution is 0.188. The van der Waals surface area contributed by atoms with Crippen molar-refractivity contribution in [1.29, 1.82) is 0 Å². The number of hydrogen-bond donors (Lipinski definition) is 1. The number of methoxy groups -OCH3 is 1. The molecule has 1 aliphatic rings. The number of benzene rings is 2. The van der Waals surface area contributed by atoms with Gasteiger partial charge in [0.05, 0.1) is 6.61 Å². The summed E-state index contributed by atoms with van der Waals surface area (Å²) >= 11 is 0. The number of aromatic nitrogens is 1. The molecule has 5 nitrogen and oxygen atoms in total. The summed E-state index contributed by atoms with van der Waals surface area (Å²) in [6, 6.07) is 14.4. The summed E-state index contributed by atoms with van der Waals surface area (Å²) < 4.78 is 7.52. The molecular weight excluding hydrogens is 350 g/mol. The molecule has 2 heterocycles.